The molecule has 10 nitrogen and oxygen atoms in total. The Morgan fingerprint density at radius 2 is 1.81 bits per heavy atom. The number of anilines is 1. The minimum Gasteiger partial charge on any atom is -0.467 e. The van der Waals surface area contributed by atoms with Crippen LogP contribution in [-0.4, -0.2) is 20.7 Å². The van der Waals surface area contributed by atoms with Crippen molar-refractivity contribution in [2.24, 2.45) is 0 Å². The topological polar surface area (TPSA) is 133 Å². The van der Waals surface area contributed by atoms with E-state index < -0.39 is 27.1 Å². The first-order chi connectivity index (χ1) is 15.4. The molecular weight excluding hydrogens is 436 g/mol. The molecule has 2 heterocycles. The maximum atomic E-state index is 13.5. The number of fused-ring (bicyclic) bond motifs is 1. The molecule has 0 radical (unpaired) electrons. The zero-order valence-electron chi connectivity index (χ0n) is 16.8. The number of thiazole rings is 1. The molecule has 0 aliphatic rings. The molecule has 11 heteroatoms. The number of para-hydroxylation sites is 1. The maximum absolute atomic E-state index is 13.5. The molecular formula is C21H16N4O6S. The molecule has 32 heavy (non-hydrogen) atoms. The zero-order valence-corrected chi connectivity index (χ0v) is 17.6. The molecule has 0 aliphatic carbocycles. The van der Waals surface area contributed by atoms with Crippen LogP contribution in [0.5, 0.6) is 0 Å². The lowest BCUT2D eigenvalue weighted by Crippen LogP contribution is -2.30. The molecule has 0 bridgehead atoms. The Hall–Kier alpha value is -4.12. The summed E-state index contributed by atoms with van der Waals surface area (Å²) in [4.78, 5) is 40.4. The van der Waals surface area contributed by atoms with E-state index >= 15 is 0 Å². The van der Waals surface area contributed by atoms with Crippen LogP contribution in [0.3, 0.4) is 0 Å². The summed E-state index contributed by atoms with van der Waals surface area (Å²) < 4.78 is 6.26. The normalized spacial score (nSPS) is 10.9. The Balaban J connectivity index is 1.83. The van der Waals surface area contributed by atoms with Crippen molar-refractivity contribution in [2.75, 3.05) is 4.90 Å². The smallest absolute Gasteiger partial charge is 0.277 e. The minimum atomic E-state index is -0.772. The number of amides is 1. The number of aromatic nitrogens is 1. The average molecular weight is 452 g/mol. The van der Waals surface area contributed by atoms with E-state index in [9.17, 15) is 25.0 Å². The second-order valence-electron chi connectivity index (χ2n) is 6.84. The number of hydrogen-bond acceptors (Lipinski definition) is 8. The van der Waals surface area contributed by atoms with Crippen LogP contribution in [0.1, 0.15) is 28.6 Å². The zero-order chi connectivity index (χ0) is 22.8. The molecule has 0 N–H and O–H groups in total. The third kappa shape index (κ3) is 4.05. The third-order valence-corrected chi connectivity index (χ3v) is 5.86. The fourth-order valence-electron chi connectivity index (χ4n) is 3.26. The number of nitro groups is 2. The summed E-state index contributed by atoms with van der Waals surface area (Å²) in [6.07, 6.45) is 2.22. The van der Waals surface area contributed by atoms with Gasteiger partial charge in [-0.25, -0.2) is 4.98 Å². The first-order valence-corrected chi connectivity index (χ1v) is 10.4. The highest BCUT2D eigenvalue weighted by molar-refractivity contribution is 7.22. The van der Waals surface area contributed by atoms with Gasteiger partial charge in [-0.05, 0) is 30.2 Å². The molecule has 1 amide bonds. The van der Waals surface area contributed by atoms with Gasteiger partial charge in [0, 0.05) is 12.1 Å². The standard InChI is InChI=1S/C21H16N4O6S/c1-2-13-5-3-7-18-19(13)22-21(32-18)23(12-17-6-4-8-31-17)20(26)14-9-15(24(27)28)11-16(10-14)25(29)30/h3-11H,2,12H2,1H3. The summed E-state index contributed by atoms with van der Waals surface area (Å²) in [5.74, 6) is -0.196. The van der Waals surface area contributed by atoms with Crippen LogP contribution >= 0.6 is 11.3 Å². The largest absolute Gasteiger partial charge is 0.467 e. The first-order valence-electron chi connectivity index (χ1n) is 9.54. The Morgan fingerprint density at radius 1 is 1.09 bits per heavy atom. The molecule has 0 saturated carbocycles. The van der Waals surface area contributed by atoms with Gasteiger partial charge in [-0.15, -0.1) is 0 Å². The summed E-state index contributed by atoms with van der Waals surface area (Å²) in [5.41, 5.74) is 0.502. The van der Waals surface area contributed by atoms with Gasteiger partial charge < -0.3 is 4.42 Å². The number of carbonyl (C=O) groups is 1. The monoisotopic (exact) mass is 452 g/mol. The number of rotatable bonds is 7. The second kappa shape index (κ2) is 8.55. The van der Waals surface area contributed by atoms with E-state index in [0.29, 0.717) is 10.9 Å². The van der Waals surface area contributed by atoms with Crippen molar-refractivity contribution in [3.8, 4) is 0 Å². The number of furan rings is 1. The predicted octanol–water partition coefficient (Wildman–Crippen LogP) is 5.12. The van der Waals surface area contributed by atoms with E-state index in [1.54, 1.807) is 12.1 Å². The lowest BCUT2D eigenvalue weighted by atomic mass is 10.1. The van der Waals surface area contributed by atoms with Gasteiger partial charge in [0.1, 0.15) is 5.76 Å². The Bertz CT molecular complexity index is 1300. The fraction of sp³-hybridized carbons (Fsp3) is 0.143. The van der Waals surface area contributed by atoms with Crippen LogP contribution in [0.2, 0.25) is 0 Å². The van der Waals surface area contributed by atoms with Gasteiger partial charge in [-0.3, -0.25) is 29.9 Å². The van der Waals surface area contributed by atoms with Gasteiger partial charge in [0.05, 0.1) is 44.5 Å². The molecule has 0 aliphatic heterocycles. The summed E-state index contributed by atoms with van der Waals surface area (Å²) in [6, 6.07) is 12.0. The minimum absolute atomic E-state index is 0.00357. The number of nitrogens with zero attached hydrogens (tertiary/aromatic N) is 4. The quantitative estimate of drug-likeness (QED) is 0.281. The van der Waals surface area contributed by atoms with Gasteiger partial charge in [0.2, 0.25) is 0 Å². The number of carbonyl (C=O) groups excluding carboxylic acids is 1. The number of nitro benzene ring substituents is 2. The van der Waals surface area contributed by atoms with E-state index in [2.05, 4.69) is 4.98 Å². The van der Waals surface area contributed by atoms with E-state index in [4.69, 9.17) is 4.42 Å². The molecule has 0 fully saturated rings. The van der Waals surface area contributed by atoms with Crippen LogP contribution < -0.4 is 4.90 Å². The molecule has 2 aromatic carbocycles. The van der Waals surface area contributed by atoms with Crippen LogP contribution in [0.15, 0.2) is 59.2 Å². The second-order valence-corrected chi connectivity index (χ2v) is 7.85. The van der Waals surface area contributed by atoms with Crippen LogP contribution in [0, 0.1) is 20.2 Å². The van der Waals surface area contributed by atoms with Gasteiger partial charge in [-0.1, -0.05) is 30.4 Å². The van der Waals surface area contributed by atoms with E-state index in [-0.39, 0.29) is 12.1 Å². The van der Waals surface area contributed by atoms with E-state index in [0.717, 1.165) is 40.4 Å². The molecule has 0 atom stereocenters. The Labute approximate surface area is 185 Å². The highest BCUT2D eigenvalue weighted by atomic mass is 32.1. The Kier molecular flexibility index (Phi) is 5.65. The molecule has 0 saturated heterocycles. The highest BCUT2D eigenvalue weighted by Crippen LogP contribution is 2.33. The summed E-state index contributed by atoms with van der Waals surface area (Å²) in [5, 5.41) is 22.9. The van der Waals surface area contributed by atoms with Crippen molar-refractivity contribution in [2.45, 2.75) is 19.9 Å². The molecule has 2 aromatic heterocycles. The van der Waals surface area contributed by atoms with Gasteiger partial charge >= 0.3 is 0 Å². The lowest BCUT2D eigenvalue weighted by molar-refractivity contribution is -0.394. The molecule has 0 unspecified atom stereocenters. The molecule has 0 spiro atoms. The summed E-state index contributed by atoms with van der Waals surface area (Å²) >= 11 is 1.29. The van der Waals surface area contributed by atoms with Crippen molar-refractivity contribution < 1.29 is 19.1 Å². The number of non-ortho nitro benzene ring substituents is 2. The van der Waals surface area contributed by atoms with Crippen molar-refractivity contribution in [3.63, 3.8) is 0 Å². The number of hydrogen-bond donors (Lipinski definition) is 0. The Morgan fingerprint density at radius 3 is 2.41 bits per heavy atom. The van der Waals surface area contributed by atoms with Gasteiger partial charge in [0.25, 0.3) is 17.3 Å². The SMILES string of the molecule is CCc1cccc2sc(N(Cc3ccco3)C(=O)c3cc([N+](=O)[O-])cc([N+](=O)[O-])c3)nc12. The van der Waals surface area contributed by atoms with Crippen molar-refractivity contribution in [1.82, 2.24) is 4.98 Å². The van der Waals surface area contributed by atoms with Crippen molar-refractivity contribution in [1.29, 1.82) is 0 Å². The van der Waals surface area contributed by atoms with Crippen LogP contribution in [-0.2, 0) is 13.0 Å². The van der Waals surface area contributed by atoms with Gasteiger partial charge in [-0.2, -0.15) is 0 Å². The lowest BCUT2D eigenvalue weighted by Gasteiger charge is -2.18. The number of aryl methyl sites for hydroxylation is 1. The van der Waals surface area contributed by atoms with Crippen LogP contribution in [0.4, 0.5) is 16.5 Å². The average Bonchev–Trinajstić information content (AvgIpc) is 3.45. The fourth-order valence-corrected chi connectivity index (χ4v) is 4.28. The summed E-state index contributed by atoms with van der Waals surface area (Å²) in [7, 11) is 0. The molecule has 4 aromatic rings. The first kappa shape index (κ1) is 21.1. The van der Waals surface area contributed by atoms with E-state index in [1.807, 2.05) is 25.1 Å². The molecule has 162 valence electrons. The van der Waals surface area contributed by atoms with Crippen molar-refractivity contribution >= 4 is 44.0 Å². The van der Waals surface area contributed by atoms with E-state index in [1.165, 1.54) is 22.5 Å². The highest BCUT2D eigenvalue weighted by Gasteiger charge is 2.27. The predicted molar refractivity (Wildman–Crippen MR) is 118 cm³/mol. The van der Waals surface area contributed by atoms with Gasteiger partial charge in [0.15, 0.2) is 5.13 Å². The summed E-state index contributed by atoms with van der Waals surface area (Å²) in [6.45, 7) is 2.01. The maximum Gasteiger partial charge on any atom is 0.277 e. The van der Waals surface area contributed by atoms with Crippen LogP contribution in [0.25, 0.3) is 10.2 Å². The van der Waals surface area contributed by atoms with Crippen molar-refractivity contribution in [3.05, 3.63) is 91.9 Å². The third-order valence-electron chi connectivity index (χ3n) is 4.81. The molecule has 4 rings (SSSR count). The number of benzene rings is 2.